The van der Waals surface area contributed by atoms with Crippen LogP contribution in [0, 0.1) is 0 Å². The molecule has 0 heterocycles. The summed E-state index contributed by atoms with van der Waals surface area (Å²) >= 11 is 0. The van der Waals surface area contributed by atoms with E-state index in [0.717, 1.165) is 6.54 Å². The fraction of sp³-hybridized carbons (Fsp3) is 0.857. The second-order valence-corrected chi connectivity index (χ2v) is 2.84. The molecule has 0 aliphatic heterocycles. The van der Waals surface area contributed by atoms with Gasteiger partial charge < -0.3 is 10.5 Å². The Balaban J connectivity index is 4.10. The van der Waals surface area contributed by atoms with Crippen molar-refractivity contribution in [1.29, 1.82) is 0 Å². The second-order valence-electron chi connectivity index (χ2n) is 2.84. The van der Waals surface area contributed by atoms with Gasteiger partial charge in [0.2, 0.25) is 0 Å². The summed E-state index contributed by atoms with van der Waals surface area (Å²) < 4.78 is 0. The maximum absolute atomic E-state index is 8.44. The number of oxime groups is 1. The molecule has 0 radical (unpaired) electrons. The van der Waals surface area contributed by atoms with Crippen LogP contribution in [0.25, 0.3) is 0 Å². The molecule has 2 N–H and O–H groups in total. The smallest absolute Gasteiger partial charge is 0.0734 e. The van der Waals surface area contributed by atoms with E-state index in [1.54, 1.807) is 6.92 Å². The second kappa shape index (κ2) is 3.56. The Labute approximate surface area is 62.1 Å². The van der Waals surface area contributed by atoms with Crippen LogP contribution in [-0.2, 0) is 0 Å². The SMILES string of the molecule is CCNC(C)(C)/C(C)=N/O. The van der Waals surface area contributed by atoms with E-state index >= 15 is 0 Å². The number of hydrogen-bond acceptors (Lipinski definition) is 3. The van der Waals surface area contributed by atoms with Gasteiger partial charge in [-0.3, -0.25) is 0 Å². The van der Waals surface area contributed by atoms with E-state index in [-0.39, 0.29) is 5.54 Å². The Bertz CT molecular complexity index is 130. The summed E-state index contributed by atoms with van der Waals surface area (Å²) in [5, 5.41) is 14.8. The highest BCUT2D eigenvalue weighted by atomic mass is 16.4. The Morgan fingerprint density at radius 2 is 2.10 bits per heavy atom. The number of rotatable bonds is 3. The van der Waals surface area contributed by atoms with Crippen LogP contribution in [0.5, 0.6) is 0 Å². The van der Waals surface area contributed by atoms with Gasteiger partial charge in [-0.2, -0.15) is 0 Å². The van der Waals surface area contributed by atoms with Gasteiger partial charge in [0, 0.05) is 0 Å². The molecule has 0 saturated heterocycles. The Kier molecular flexibility index (Phi) is 3.36. The molecule has 0 saturated carbocycles. The molecule has 0 spiro atoms. The van der Waals surface area contributed by atoms with Crippen LogP contribution in [-0.4, -0.2) is 23.0 Å². The van der Waals surface area contributed by atoms with E-state index in [2.05, 4.69) is 10.5 Å². The quantitative estimate of drug-likeness (QED) is 0.355. The number of nitrogens with zero attached hydrogens (tertiary/aromatic N) is 1. The monoisotopic (exact) mass is 144 g/mol. The minimum atomic E-state index is -0.191. The van der Waals surface area contributed by atoms with Gasteiger partial charge >= 0.3 is 0 Å². The van der Waals surface area contributed by atoms with Crippen molar-refractivity contribution in [2.75, 3.05) is 6.54 Å². The summed E-state index contributed by atoms with van der Waals surface area (Å²) in [6, 6.07) is 0. The molecule has 3 heteroatoms. The largest absolute Gasteiger partial charge is 0.411 e. The van der Waals surface area contributed by atoms with Gasteiger partial charge in [0.05, 0.1) is 11.3 Å². The third-order valence-corrected chi connectivity index (χ3v) is 1.67. The fourth-order valence-electron chi connectivity index (χ4n) is 0.695. The first-order valence-corrected chi connectivity index (χ1v) is 3.48. The molecule has 0 aromatic carbocycles. The average Bonchev–Trinajstić information content (AvgIpc) is 1.86. The zero-order valence-corrected chi connectivity index (χ0v) is 7.10. The highest BCUT2D eigenvalue weighted by Gasteiger charge is 2.19. The summed E-state index contributed by atoms with van der Waals surface area (Å²) in [7, 11) is 0. The highest BCUT2D eigenvalue weighted by Crippen LogP contribution is 2.03. The summed E-state index contributed by atoms with van der Waals surface area (Å²) in [5.41, 5.74) is 0.512. The molecule has 0 aliphatic carbocycles. The van der Waals surface area contributed by atoms with Gasteiger partial charge in [-0.05, 0) is 27.3 Å². The number of nitrogens with one attached hydrogen (secondary N) is 1. The molecule has 3 nitrogen and oxygen atoms in total. The molecule has 10 heavy (non-hydrogen) atoms. The van der Waals surface area contributed by atoms with E-state index in [1.807, 2.05) is 20.8 Å². The van der Waals surface area contributed by atoms with Crippen molar-refractivity contribution in [1.82, 2.24) is 5.32 Å². The third kappa shape index (κ3) is 2.35. The minimum absolute atomic E-state index is 0.191. The van der Waals surface area contributed by atoms with Crippen molar-refractivity contribution in [3.8, 4) is 0 Å². The van der Waals surface area contributed by atoms with Gasteiger partial charge in [-0.1, -0.05) is 12.1 Å². The standard InChI is InChI=1S/C7H16N2O/c1-5-8-7(3,4)6(2)9-10/h8,10H,5H2,1-4H3/b9-6+. The predicted octanol–water partition coefficient (Wildman–Crippen LogP) is 1.22. The van der Waals surface area contributed by atoms with Gasteiger partial charge in [-0.25, -0.2) is 0 Å². The van der Waals surface area contributed by atoms with Crippen LogP contribution in [0.1, 0.15) is 27.7 Å². The van der Waals surface area contributed by atoms with Crippen molar-refractivity contribution in [2.45, 2.75) is 33.2 Å². The lowest BCUT2D eigenvalue weighted by Gasteiger charge is -2.24. The van der Waals surface area contributed by atoms with Crippen LogP contribution >= 0.6 is 0 Å². The summed E-state index contributed by atoms with van der Waals surface area (Å²) in [6.45, 7) is 8.64. The van der Waals surface area contributed by atoms with Crippen molar-refractivity contribution in [3.05, 3.63) is 0 Å². The third-order valence-electron chi connectivity index (χ3n) is 1.67. The summed E-state index contributed by atoms with van der Waals surface area (Å²) in [6.07, 6.45) is 0. The van der Waals surface area contributed by atoms with E-state index < -0.39 is 0 Å². The lowest BCUT2D eigenvalue weighted by molar-refractivity contribution is 0.311. The molecule has 0 fully saturated rings. The predicted molar refractivity (Wildman–Crippen MR) is 42.7 cm³/mol. The van der Waals surface area contributed by atoms with Gasteiger partial charge in [0.15, 0.2) is 0 Å². The first-order valence-electron chi connectivity index (χ1n) is 3.48. The first kappa shape index (κ1) is 9.43. The molecule has 0 rings (SSSR count). The maximum atomic E-state index is 8.44. The molecule has 0 aromatic rings. The number of hydrogen-bond donors (Lipinski definition) is 2. The molecule has 0 atom stereocenters. The van der Waals surface area contributed by atoms with E-state index in [9.17, 15) is 0 Å². The van der Waals surface area contributed by atoms with Gasteiger partial charge in [0.25, 0.3) is 0 Å². The zero-order chi connectivity index (χ0) is 8.20. The Morgan fingerprint density at radius 3 is 2.40 bits per heavy atom. The molecule has 0 amide bonds. The average molecular weight is 144 g/mol. The van der Waals surface area contributed by atoms with Crippen molar-refractivity contribution in [2.24, 2.45) is 5.16 Å². The molecule has 0 aromatic heterocycles. The molecule has 0 bridgehead atoms. The lowest BCUT2D eigenvalue weighted by Crippen LogP contribution is -2.45. The lowest BCUT2D eigenvalue weighted by atomic mass is 10.00. The highest BCUT2D eigenvalue weighted by molar-refractivity contribution is 5.90. The van der Waals surface area contributed by atoms with E-state index in [0.29, 0.717) is 5.71 Å². The first-order chi connectivity index (χ1) is 4.54. The van der Waals surface area contributed by atoms with Crippen LogP contribution < -0.4 is 5.32 Å². The van der Waals surface area contributed by atoms with Crippen molar-refractivity contribution in [3.63, 3.8) is 0 Å². The summed E-state index contributed by atoms with van der Waals surface area (Å²) in [5.74, 6) is 0. The summed E-state index contributed by atoms with van der Waals surface area (Å²) in [4.78, 5) is 0. The Morgan fingerprint density at radius 1 is 1.60 bits per heavy atom. The van der Waals surface area contributed by atoms with Crippen molar-refractivity contribution >= 4 is 5.71 Å². The molecular weight excluding hydrogens is 128 g/mol. The van der Waals surface area contributed by atoms with E-state index in [1.165, 1.54) is 0 Å². The molecule has 60 valence electrons. The van der Waals surface area contributed by atoms with Crippen LogP contribution in [0.15, 0.2) is 5.16 Å². The zero-order valence-electron chi connectivity index (χ0n) is 7.10. The van der Waals surface area contributed by atoms with Crippen LogP contribution in [0.3, 0.4) is 0 Å². The van der Waals surface area contributed by atoms with Gasteiger partial charge in [-0.15, -0.1) is 0 Å². The maximum Gasteiger partial charge on any atom is 0.0734 e. The molecule has 0 aliphatic rings. The molecular formula is C7H16N2O. The van der Waals surface area contributed by atoms with Gasteiger partial charge in [0.1, 0.15) is 0 Å². The van der Waals surface area contributed by atoms with Crippen LogP contribution in [0.4, 0.5) is 0 Å². The normalized spacial score (nSPS) is 13.8. The van der Waals surface area contributed by atoms with Crippen molar-refractivity contribution < 1.29 is 5.21 Å². The fourth-order valence-corrected chi connectivity index (χ4v) is 0.695. The minimum Gasteiger partial charge on any atom is -0.411 e. The topological polar surface area (TPSA) is 44.6 Å². The van der Waals surface area contributed by atoms with E-state index in [4.69, 9.17) is 5.21 Å². The van der Waals surface area contributed by atoms with Crippen LogP contribution in [0.2, 0.25) is 0 Å². The Hall–Kier alpha value is -0.570. The molecule has 0 unspecified atom stereocenters.